The molecule has 172 valence electrons. The number of H-pyrrole nitrogens is 1. The van der Waals surface area contributed by atoms with Crippen LogP contribution in [0.4, 0.5) is 0 Å². The number of aromatic amines is 1. The van der Waals surface area contributed by atoms with Gasteiger partial charge in [-0.2, -0.15) is 16.6 Å². The van der Waals surface area contributed by atoms with Gasteiger partial charge in [-0.1, -0.05) is 5.21 Å². The Bertz CT molecular complexity index is 1210. The third kappa shape index (κ3) is 4.56. The van der Waals surface area contributed by atoms with E-state index >= 15 is 0 Å². The molecule has 1 N–H and O–H groups in total. The number of aryl methyl sites for hydroxylation is 3. The highest BCUT2D eigenvalue weighted by atomic mass is 32.1. The summed E-state index contributed by atoms with van der Waals surface area (Å²) in [4.78, 5) is 12.3. The van der Waals surface area contributed by atoms with Gasteiger partial charge < -0.3 is 14.0 Å². The third-order valence-electron chi connectivity index (χ3n) is 6.48. The smallest absolute Gasteiger partial charge is 0.337 e. The second-order valence-electron chi connectivity index (χ2n) is 8.39. The molecule has 9 heteroatoms. The fraction of sp³-hybridized carbons (Fsp3) is 0.417. The molecule has 1 aliphatic rings. The van der Waals surface area contributed by atoms with Gasteiger partial charge in [0.1, 0.15) is 0 Å². The molecular formula is C24H27N5O3S. The highest BCUT2D eigenvalue weighted by molar-refractivity contribution is 7.08. The number of carbonyl (C=O) groups is 1. The van der Waals surface area contributed by atoms with Crippen molar-refractivity contribution < 1.29 is 14.3 Å². The average molecular weight is 466 g/mol. The Morgan fingerprint density at radius 3 is 2.88 bits per heavy atom. The molecular weight excluding hydrogens is 438 g/mol. The second-order valence-corrected chi connectivity index (χ2v) is 9.17. The van der Waals surface area contributed by atoms with Crippen molar-refractivity contribution in [3.05, 3.63) is 52.0 Å². The number of nitrogens with zero attached hydrogens (tertiary/aromatic N) is 4. The summed E-state index contributed by atoms with van der Waals surface area (Å²) in [6.45, 7) is 2.41. The lowest BCUT2D eigenvalue weighted by Gasteiger charge is -2.22. The fourth-order valence-electron chi connectivity index (χ4n) is 4.77. The van der Waals surface area contributed by atoms with E-state index in [1.54, 1.807) is 11.3 Å². The number of hydrogen-bond donors (Lipinski definition) is 1. The molecule has 1 fully saturated rings. The quantitative estimate of drug-likeness (QED) is 0.391. The summed E-state index contributed by atoms with van der Waals surface area (Å²) in [5.74, 6) is 1.03. The van der Waals surface area contributed by atoms with Crippen LogP contribution >= 0.6 is 11.3 Å². The minimum absolute atomic E-state index is 0.316. The van der Waals surface area contributed by atoms with Gasteiger partial charge in [0.15, 0.2) is 5.82 Å². The molecule has 3 aromatic heterocycles. The van der Waals surface area contributed by atoms with Crippen LogP contribution in [0.5, 0.6) is 0 Å². The molecule has 0 unspecified atom stereocenters. The lowest BCUT2D eigenvalue weighted by atomic mass is 9.91. The van der Waals surface area contributed by atoms with Gasteiger partial charge in [0, 0.05) is 48.0 Å². The Balaban J connectivity index is 1.60. The van der Waals surface area contributed by atoms with Gasteiger partial charge in [-0.3, -0.25) is 0 Å². The zero-order chi connectivity index (χ0) is 22.6. The lowest BCUT2D eigenvalue weighted by Crippen LogP contribution is -2.16. The topological polar surface area (TPSA) is 94.9 Å². The summed E-state index contributed by atoms with van der Waals surface area (Å²) in [5.41, 5.74) is 5.38. The maximum absolute atomic E-state index is 12.3. The van der Waals surface area contributed by atoms with Gasteiger partial charge in [-0.15, -0.1) is 10.2 Å². The zero-order valence-electron chi connectivity index (χ0n) is 18.6. The van der Waals surface area contributed by atoms with Crippen LogP contribution in [-0.2, 0) is 28.9 Å². The first-order valence-electron chi connectivity index (χ1n) is 11.3. The molecule has 5 rings (SSSR count). The number of tetrazole rings is 1. The van der Waals surface area contributed by atoms with Crippen LogP contribution in [0, 0.1) is 5.92 Å². The number of hydrogen-bond acceptors (Lipinski definition) is 7. The highest BCUT2D eigenvalue weighted by Crippen LogP contribution is 2.37. The average Bonchev–Trinajstić information content (AvgIpc) is 3.62. The van der Waals surface area contributed by atoms with E-state index in [4.69, 9.17) is 9.47 Å². The van der Waals surface area contributed by atoms with E-state index < -0.39 is 0 Å². The zero-order valence-corrected chi connectivity index (χ0v) is 19.4. The molecule has 0 radical (unpaired) electrons. The first kappa shape index (κ1) is 21.8. The van der Waals surface area contributed by atoms with E-state index in [2.05, 4.69) is 42.0 Å². The van der Waals surface area contributed by atoms with Gasteiger partial charge in [-0.25, -0.2) is 4.79 Å². The molecule has 0 amide bonds. The number of rotatable bonds is 8. The first-order valence-corrected chi connectivity index (χ1v) is 12.2. The summed E-state index contributed by atoms with van der Waals surface area (Å²) < 4.78 is 12.9. The number of esters is 1. The van der Waals surface area contributed by atoms with Gasteiger partial charge >= 0.3 is 5.97 Å². The van der Waals surface area contributed by atoms with Crippen molar-refractivity contribution in [3.63, 3.8) is 0 Å². The Kier molecular flexibility index (Phi) is 6.50. The molecule has 33 heavy (non-hydrogen) atoms. The molecule has 0 bridgehead atoms. The molecule has 0 saturated carbocycles. The minimum atomic E-state index is -0.316. The van der Waals surface area contributed by atoms with E-state index in [0.717, 1.165) is 56.3 Å². The normalized spacial score (nSPS) is 14.7. The predicted molar refractivity (Wildman–Crippen MR) is 126 cm³/mol. The van der Waals surface area contributed by atoms with E-state index in [1.807, 2.05) is 18.2 Å². The van der Waals surface area contributed by atoms with Crippen molar-refractivity contribution in [2.45, 2.75) is 38.6 Å². The van der Waals surface area contributed by atoms with Crippen molar-refractivity contribution in [1.29, 1.82) is 0 Å². The number of nitrogens with one attached hydrogen (secondary N) is 1. The molecule has 1 aliphatic heterocycles. The molecule has 8 nitrogen and oxygen atoms in total. The maximum Gasteiger partial charge on any atom is 0.337 e. The van der Waals surface area contributed by atoms with Crippen LogP contribution in [0.3, 0.4) is 0 Å². The van der Waals surface area contributed by atoms with Crippen LogP contribution in [0.2, 0.25) is 0 Å². The summed E-state index contributed by atoms with van der Waals surface area (Å²) in [6, 6.07) is 8.04. The summed E-state index contributed by atoms with van der Waals surface area (Å²) in [6.07, 6.45) is 4.93. The number of benzene rings is 1. The van der Waals surface area contributed by atoms with Crippen LogP contribution in [0.25, 0.3) is 22.2 Å². The monoisotopic (exact) mass is 465 g/mol. The second kappa shape index (κ2) is 9.84. The molecule has 1 saturated heterocycles. The van der Waals surface area contributed by atoms with Crippen LogP contribution < -0.4 is 0 Å². The van der Waals surface area contributed by atoms with Gasteiger partial charge in [0.25, 0.3) is 0 Å². The number of fused-ring (bicyclic) bond motifs is 1. The minimum Gasteiger partial charge on any atom is -0.465 e. The fourth-order valence-corrected chi connectivity index (χ4v) is 5.41. The summed E-state index contributed by atoms with van der Waals surface area (Å²) in [7, 11) is 1.42. The summed E-state index contributed by atoms with van der Waals surface area (Å²) in [5, 5.41) is 19.9. The number of carbonyl (C=O) groups excluding carboxylic acids is 1. The van der Waals surface area contributed by atoms with Crippen LogP contribution in [0.1, 0.15) is 41.0 Å². The van der Waals surface area contributed by atoms with Crippen LogP contribution in [-0.4, -0.2) is 51.5 Å². The van der Waals surface area contributed by atoms with E-state index in [9.17, 15) is 4.79 Å². The van der Waals surface area contributed by atoms with E-state index in [1.165, 1.54) is 23.9 Å². The molecule has 4 aromatic rings. The first-order chi connectivity index (χ1) is 16.2. The molecule has 4 heterocycles. The molecule has 0 atom stereocenters. The maximum atomic E-state index is 12.3. The molecule has 0 aliphatic carbocycles. The summed E-state index contributed by atoms with van der Waals surface area (Å²) >= 11 is 1.69. The van der Waals surface area contributed by atoms with Crippen LogP contribution in [0.15, 0.2) is 35.0 Å². The number of aromatic nitrogens is 5. The van der Waals surface area contributed by atoms with Crippen molar-refractivity contribution >= 4 is 28.2 Å². The Morgan fingerprint density at radius 2 is 2.15 bits per heavy atom. The van der Waals surface area contributed by atoms with Gasteiger partial charge in [0.2, 0.25) is 0 Å². The largest absolute Gasteiger partial charge is 0.465 e. The lowest BCUT2D eigenvalue weighted by molar-refractivity contribution is 0.0600. The standard InChI is InChI=1S/C24H27N5O3S/c1-31-24(30)17-3-5-21-20(14-17)19(4-2-16-7-11-32-12-8-16)23(18-9-13-33-15-18)29(21)10-6-22-25-27-28-26-22/h3,5,9,13-16H,2,4,6-8,10-12H2,1H3,(H,25,26,27,28). The number of ether oxygens (including phenoxy) is 2. The number of thiophene rings is 1. The van der Waals surface area contributed by atoms with Crippen molar-refractivity contribution in [3.8, 4) is 11.3 Å². The van der Waals surface area contributed by atoms with Crippen molar-refractivity contribution in [1.82, 2.24) is 25.2 Å². The van der Waals surface area contributed by atoms with Gasteiger partial charge in [0.05, 0.1) is 18.4 Å². The van der Waals surface area contributed by atoms with E-state index in [0.29, 0.717) is 23.7 Å². The highest BCUT2D eigenvalue weighted by Gasteiger charge is 2.22. The number of methoxy groups -OCH3 is 1. The Hall–Kier alpha value is -3.04. The third-order valence-corrected chi connectivity index (χ3v) is 7.16. The van der Waals surface area contributed by atoms with Crippen molar-refractivity contribution in [2.24, 2.45) is 5.92 Å². The Labute approximate surface area is 195 Å². The Morgan fingerprint density at radius 1 is 1.27 bits per heavy atom. The predicted octanol–water partition coefficient (Wildman–Crippen LogP) is 4.27. The molecule has 0 spiro atoms. The molecule has 1 aromatic carbocycles. The van der Waals surface area contributed by atoms with E-state index in [-0.39, 0.29) is 5.97 Å². The van der Waals surface area contributed by atoms with Crippen molar-refractivity contribution in [2.75, 3.05) is 20.3 Å². The SMILES string of the molecule is COC(=O)c1ccc2c(c1)c(CCC1CCOCC1)c(-c1ccsc1)n2CCc1nn[nH]n1. The van der Waals surface area contributed by atoms with Gasteiger partial charge in [-0.05, 0) is 66.8 Å².